The SMILES string of the molecule is CCc1cccc(C)c1NC(=O)C(C)n1cnc2scc(-c3ccc(OC)cc3)c2c1=O. The molecule has 1 N–H and O–H groups in total. The summed E-state index contributed by atoms with van der Waals surface area (Å²) in [6.45, 7) is 5.73. The van der Waals surface area contributed by atoms with Crippen LogP contribution in [0.1, 0.15) is 31.0 Å². The highest BCUT2D eigenvalue weighted by atomic mass is 32.1. The summed E-state index contributed by atoms with van der Waals surface area (Å²) in [7, 11) is 1.62. The topological polar surface area (TPSA) is 73.2 Å². The lowest BCUT2D eigenvalue weighted by Crippen LogP contribution is -2.32. The van der Waals surface area contributed by atoms with Crippen LogP contribution in [0.4, 0.5) is 5.69 Å². The lowest BCUT2D eigenvalue weighted by Gasteiger charge is -2.18. The van der Waals surface area contributed by atoms with Crippen LogP contribution in [-0.2, 0) is 11.2 Å². The largest absolute Gasteiger partial charge is 0.497 e. The maximum absolute atomic E-state index is 13.4. The third-order valence-corrected chi connectivity index (χ3v) is 6.59. The van der Waals surface area contributed by atoms with Gasteiger partial charge in [0.05, 0.1) is 18.8 Å². The molecule has 0 saturated heterocycles. The first-order valence-corrected chi connectivity index (χ1v) is 11.3. The molecular formula is C25H25N3O3S. The molecule has 1 atom stereocenters. The van der Waals surface area contributed by atoms with Crippen molar-refractivity contribution in [2.45, 2.75) is 33.2 Å². The molecule has 1 unspecified atom stereocenters. The normalized spacial score (nSPS) is 12.0. The van der Waals surface area contributed by atoms with E-state index in [-0.39, 0.29) is 11.5 Å². The van der Waals surface area contributed by atoms with Crippen LogP contribution in [0.25, 0.3) is 21.3 Å². The van der Waals surface area contributed by atoms with Crippen molar-refractivity contribution < 1.29 is 9.53 Å². The van der Waals surface area contributed by atoms with Crippen molar-refractivity contribution in [3.05, 3.63) is 75.7 Å². The molecule has 1 amide bonds. The molecule has 4 rings (SSSR count). The molecule has 0 bridgehead atoms. The third kappa shape index (κ3) is 3.91. The van der Waals surface area contributed by atoms with Gasteiger partial charge in [0, 0.05) is 16.6 Å². The van der Waals surface area contributed by atoms with E-state index in [1.54, 1.807) is 14.0 Å². The van der Waals surface area contributed by atoms with Gasteiger partial charge in [-0.2, -0.15) is 0 Å². The Bertz CT molecular complexity index is 1340. The van der Waals surface area contributed by atoms with Crippen LogP contribution in [0.2, 0.25) is 0 Å². The first-order chi connectivity index (χ1) is 15.4. The number of nitrogens with one attached hydrogen (secondary N) is 1. The lowest BCUT2D eigenvalue weighted by atomic mass is 10.1. The summed E-state index contributed by atoms with van der Waals surface area (Å²) in [5.74, 6) is 0.496. The molecular weight excluding hydrogens is 422 g/mol. The van der Waals surface area contributed by atoms with Gasteiger partial charge in [-0.1, -0.05) is 37.3 Å². The summed E-state index contributed by atoms with van der Waals surface area (Å²) in [4.78, 5) is 31.6. The summed E-state index contributed by atoms with van der Waals surface area (Å²) >= 11 is 1.41. The Morgan fingerprint density at radius 3 is 2.66 bits per heavy atom. The first kappa shape index (κ1) is 21.8. The number of fused-ring (bicyclic) bond motifs is 1. The molecule has 32 heavy (non-hydrogen) atoms. The fourth-order valence-corrected chi connectivity index (χ4v) is 4.67. The monoisotopic (exact) mass is 447 g/mol. The maximum Gasteiger partial charge on any atom is 0.263 e. The van der Waals surface area contributed by atoms with Gasteiger partial charge in [0.2, 0.25) is 5.91 Å². The Morgan fingerprint density at radius 1 is 1.22 bits per heavy atom. The average Bonchev–Trinajstić information content (AvgIpc) is 3.25. The number of carbonyl (C=O) groups is 1. The molecule has 0 fully saturated rings. The number of aryl methyl sites for hydroxylation is 2. The Hall–Kier alpha value is -3.45. The van der Waals surface area contributed by atoms with Crippen molar-refractivity contribution in [1.29, 1.82) is 0 Å². The summed E-state index contributed by atoms with van der Waals surface area (Å²) in [6, 6.07) is 12.8. The van der Waals surface area contributed by atoms with Crippen LogP contribution >= 0.6 is 11.3 Å². The second-order valence-corrected chi connectivity index (χ2v) is 8.50. The highest BCUT2D eigenvalue weighted by Crippen LogP contribution is 2.32. The number of para-hydroxylation sites is 1. The summed E-state index contributed by atoms with van der Waals surface area (Å²) in [5.41, 5.74) is 4.34. The van der Waals surface area contributed by atoms with Crippen LogP contribution in [0, 0.1) is 6.92 Å². The number of ether oxygens (including phenoxy) is 1. The number of rotatable bonds is 6. The standard InChI is InChI=1S/C25H25N3O3S/c1-5-17-8-6-7-15(2)22(17)27-23(29)16(3)28-14-26-24-21(25(28)30)20(13-32-24)18-9-11-19(31-4)12-10-18/h6-14,16H,5H2,1-4H3,(H,27,29). The molecule has 7 heteroatoms. The predicted molar refractivity (Wildman–Crippen MR) is 130 cm³/mol. The number of hydrogen-bond acceptors (Lipinski definition) is 5. The highest BCUT2D eigenvalue weighted by molar-refractivity contribution is 7.17. The zero-order chi connectivity index (χ0) is 22.8. The number of methoxy groups -OCH3 is 1. The molecule has 0 spiro atoms. The quantitative estimate of drug-likeness (QED) is 0.441. The zero-order valence-electron chi connectivity index (χ0n) is 18.5. The van der Waals surface area contributed by atoms with Gasteiger partial charge >= 0.3 is 0 Å². The smallest absolute Gasteiger partial charge is 0.263 e. The van der Waals surface area contributed by atoms with E-state index in [0.29, 0.717) is 10.2 Å². The molecule has 6 nitrogen and oxygen atoms in total. The van der Waals surface area contributed by atoms with E-state index < -0.39 is 6.04 Å². The van der Waals surface area contributed by atoms with E-state index in [9.17, 15) is 9.59 Å². The van der Waals surface area contributed by atoms with Crippen LogP contribution < -0.4 is 15.6 Å². The van der Waals surface area contributed by atoms with Gasteiger partial charge in [-0.25, -0.2) is 4.98 Å². The summed E-state index contributed by atoms with van der Waals surface area (Å²) in [6.07, 6.45) is 2.26. The maximum atomic E-state index is 13.4. The number of nitrogens with zero attached hydrogens (tertiary/aromatic N) is 2. The van der Waals surface area contributed by atoms with E-state index in [0.717, 1.165) is 40.1 Å². The van der Waals surface area contributed by atoms with E-state index >= 15 is 0 Å². The van der Waals surface area contributed by atoms with E-state index in [2.05, 4.69) is 10.3 Å². The first-order valence-electron chi connectivity index (χ1n) is 10.5. The van der Waals surface area contributed by atoms with Crippen molar-refractivity contribution in [3.8, 4) is 16.9 Å². The van der Waals surface area contributed by atoms with Crippen molar-refractivity contribution in [2.75, 3.05) is 12.4 Å². The fraction of sp³-hybridized carbons (Fsp3) is 0.240. The Balaban J connectivity index is 1.71. The molecule has 0 aliphatic heterocycles. The van der Waals surface area contributed by atoms with Crippen molar-refractivity contribution >= 4 is 33.1 Å². The third-order valence-electron chi connectivity index (χ3n) is 5.71. The molecule has 0 aliphatic carbocycles. The molecule has 2 aromatic heterocycles. The van der Waals surface area contributed by atoms with E-state index in [1.807, 2.05) is 61.7 Å². The van der Waals surface area contributed by atoms with Gasteiger partial charge < -0.3 is 10.1 Å². The molecule has 4 aromatic rings. The number of amides is 1. The van der Waals surface area contributed by atoms with Crippen molar-refractivity contribution in [3.63, 3.8) is 0 Å². The number of thiophene rings is 1. The van der Waals surface area contributed by atoms with Gasteiger partial charge in [0.1, 0.15) is 16.6 Å². The van der Waals surface area contributed by atoms with Crippen LogP contribution in [0.3, 0.4) is 0 Å². The number of hydrogen-bond donors (Lipinski definition) is 1. The van der Waals surface area contributed by atoms with Crippen molar-refractivity contribution in [1.82, 2.24) is 9.55 Å². The average molecular weight is 448 g/mol. The number of aromatic nitrogens is 2. The van der Waals surface area contributed by atoms with Gasteiger partial charge in [0.15, 0.2) is 0 Å². The highest BCUT2D eigenvalue weighted by Gasteiger charge is 2.21. The van der Waals surface area contributed by atoms with Crippen LogP contribution in [0.15, 0.2) is 59.0 Å². The number of carbonyl (C=O) groups excluding carboxylic acids is 1. The van der Waals surface area contributed by atoms with Gasteiger partial charge in [0.25, 0.3) is 5.56 Å². The van der Waals surface area contributed by atoms with Crippen LogP contribution in [0.5, 0.6) is 5.75 Å². The Labute approximate surface area is 190 Å². The minimum atomic E-state index is -0.715. The minimum absolute atomic E-state index is 0.231. The summed E-state index contributed by atoms with van der Waals surface area (Å²) in [5, 5.41) is 5.47. The molecule has 2 heterocycles. The number of anilines is 1. The van der Waals surface area contributed by atoms with Gasteiger partial charge in [-0.15, -0.1) is 11.3 Å². The molecule has 164 valence electrons. The second-order valence-electron chi connectivity index (χ2n) is 7.64. The fourth-order valence-electron chi connectivity index (χ4n) is 3.76. The second kappa shape index (κ2) is 8.96. The minimum Gasteiger partial charge on any atom is -0.497 e. The van der Waals surface area contributed by atoms with Crippen LogP contribution in [-0.4, -0.2) is 22.6 Å². The van der Waals surface area contributed by atoms with Gasteiger partial charge in [-0.3, -0.25) is 14.2 Å². The Kier molecular flexibility index (Phi) is 6.10. The molecule has 0 saturated carbocycles. The van der Waals surface area contributed by atoms with E-state index in [1.165, 1.54) is 22.2 Å². The Morgan fingerprint density at radius 2 is 1.97 bits per heavy atom. The molecule has 2 aromatic carbocycles. The molecule has 0 radical (unpaired) electrons. The van der Waals surface area contributed by atoms with Crippen molar-refractivity contribution in [2.24, 2.45) is 0 Å². The van der Waals surface area contributed by atoms with Gasteiger partial charge in [-0.05, 0) is 49.1 Å². The van der Waals surface area contributed by atoms with E-state index in [4.69, 9.17) is 4.74 Å². The summed E-state index contributed by atoms with van der Waals surface area (Å²) < 4.78 is 6.63. The number of benzene rings is 2. The zero-order valence-corrected chi connectivity index (χ0v) is 19.3. The predicted octanol–water partition coefficient (Wildman–Crippen LogP) is 5.20. The molecule has 0 aliphatic rings. The lowest BCUT2D eigenvalue weighted by molar-refractivity contribution is -0.118.